The fourth-order valence-electron chi connectivity index (χ4n) is 3.31. The van der Waals surface area contributed by atoms with Crippen molar-refractivity contribution in [3.8, 4) is 0 Å². The minimum Gasteiger partial charge on any atom is -0.367 e. The minimum atomic E-state index is -3.58. The molecule has 0 N–H and O–H groups in total. The van der Waals surface area contributed by atoms with E-state index in [2.05, 4.69) is 9.88 Å². The number of pyridine rings is 1. The third-order valence-electron chi connectivity index (χ3n) is 4.65. The average molecular weight is 388 g/mol. The van der Waals surface area contributed by atoms with Gasteiger partial charge in [-0.15, -0.1) is 0 Å². The van der Waals surface area contributed by atoms with Gasteiger partial charge in [-0.1, -0.05) is 41.9 Å². The lowest BCUT2D eigenvalue weighted by atomic mass is 10.1. The van der Waals surface area contributed by atoms with Crippen molar-refractivity contribution in [1.29, 1.82) is 0 Å². The summed E-state index contributed by atoms with van der Waals surface area (Å²) in [5, 5.41) is 1.34. The number of anilines is 1. The molecule has 134 valence electrons. The molecule has 0 unspecified atom stereocenters. The van der Waals surface area contributed by atoms with Crippen molar-refractivity contribution in [1.82, 2.24) is 9.29 Å². The maximum Gasteiger partial charge on any atom is 0.244 e. The highest BCUT2D eigenvalue weighted by atomic mass is 35.5. The molecule has 0 atom stereocenters. The van der Waals surface area contributed by atoms with Gasteiger partial charge in [-0.25, -0.2) is 8.42 Å². The highest BCUT2D eigenvalue weighted by Crippen LogP contribution is 2.28. The number of nitrogens with zero attached hydrogens (tertiary/aromatic N) is 3. The first-order chi connectivity index (χ1) is 12.6. The number of halogens is 1. The van der Waals surface area contributed by atoms with E-state index < -0.39 is 10.0 Å². The van der Waals surface area contributed by atoms with Crippen LogP contribution in [0.4, 0.5) is 5.69 Å². The standard InChI is InChI=1S/C19H18ClN3O2S/c20-16-7-1-2-9-18(16)26(24,25)23-13-11-22(12-14-23)17-8-3-5-15-6-4-10-21-19(15)17/h1-10H,11-14H2. The molecule has 1 saturated heterocycles. The minimum absolute atomic E-state index is 0.168. The van der Waals surface area contributed by atoms with Crippen LogP contribution in [0, 0.1) is 0 Å². The number of piperazine rings is 1. The van der Waals surface area contributed by atoms with Gasteiger partial charge in [0, 0.05) is 37.8 Å². The first-order valence-corrected chi connectivity index (χ1v) is 10.2. The largest absolute Gasteiger partial charge is 0.367 e. The Morgan fingerprint density at radius 3 is 2.38 bits per heavy atom. The summed E-state index contributed by atoms with van der Waals surface area (Å²) in [6.45, 7) is 2.05. The SMILES string of the molecule is O=S(=O)(c1ccccc1Cl)N1CCN(c2cccc3cccnc23)CC1. The van der Waals surface area contributed by atoms with Gasteiger partial charge in [-0.2, -0.15) is 4.31 Å². The van der Waals surface area contributed by atoms with Gasteiger partial charge < -0.3 is 4.90 Å². The Labute approximate surface area is 157 Å². The normalized spacial score (nSPS) is 16.1. The first kappa shape index (κ1) is 17.3. The Bertz CT molecular complexity index is 1040. The molecule has 0 bridgehead atoms. The van der Waals surface area contributed by atoms with E-state index in [1.54, 1.807) is 30.5 Å². The molecule has 3 aromatic rings. The highest BCUT2D eigenvalue weighted by molar-refractivity contribution is 7.89. The molecule has 7 heteroatoms. The molecule has 0 spiro atoms. The molecular weight excluding hydrogens is 370 g/mol. The number of fused-ring (bicyclic) bond motifs is 1. The van der Waals surface area contributed by atoms with E-state index in [-0.39, 0.29) is 9.92 Å². The van der Waals surface area contributed by atoms with Crippen LogP contribution in [0.2, 0.25) is 5.02 Å². The zero-order valence-corrected chi connectivity index (χ0v) is 15.6. The average Bonchev–Trinajstić information content (AvgIpc) is 2.68. The summed E-state index contributed by atoms with van der Waals surface area (Å²) in [4.78, 5) is 6.85. The predicted molar refractivity (Wildman–Crippen MR) is 104 cm³/mol. The van der Waals surface area contributed by atoms with Crippen LogP contribution in [0.15, 0.2) is 65.7 Å². The highest BCUT2D eigenvalue weighted by Gasteiger charge is 2.30. The van der Waals surface area contributed by atoms with Crippen molar-refractivity contribution in [3.05, 3.63) is 65.8 Å². The van der Waals surface area contributed by atoms with Gasteiger partial charge in [0.1, 0.15) is 4.90 Å². The molecule has 26 heavy (non-hydrogen) atoms. The summed E-state index contributed by atoms with van der Waals surface area (Å²) in [6, 6.07) is 16.6. The van der Waals surface area contributed by atoms with Crippen LogP contribution in [0.3, 0.4) is 0 Å². The van der Waals surface area contributed by atoms with Crippen LogP contribution in [-0.2, 0) is 10.0 Å². The van der Waals surface area contributed by atoms with Crippen LogP contribution in [0.5, 0.6) is 0 Å². The van der Waals surface area contributed by atoms with E-state index >= 15 is 0 Å². The summed E-state index contributed by atoms with van der Waals surface area (Å²) < 4.78 is 27.3. The van der Waals surface area contributed by atoms with Crippen molar-refractivity contribution >= 4 is 38.2 Å². The second-order valence-electron chi connectivity index (χ2n) is 6.17. The Balaban J connectivity index is 1.57. The third kappa shape index (κ3) is 3.05. The lowest BCUT2D eigenvalue weighted by Gasteiger charge is -2.35. The Morgan fingerprint density at radius 1 is 0.885 bits per heavy atom. The second kappa shape index (κ2) is 6.87. The number of para-hydroxylation sites is 1. The van der Waals surface area contributed by atoms with Gasteiger partial charge in [0.2, 0.25) is 10.0 Å². The zero-order chi connectivity index (χ0) is 18.1. The molecule has 0 amide bonds. The summed E-state index contributed by atoms with van der Waals surface area (Å²) >= 11 is 6.09. The van der Waals surface area contributed by atoms with Crippen molar-refractivity contribution < 1.29 is 8.42 Å². The lowest BCUT2D eigenvalue weighted by Crippen LogP contribution is -2.48. The Morgan fingerprint density at radius 2 is 1.62 bits per heavy atom. The van der Waals surface area contributed by atoms with Crippen LogP contribution >= 0.6 is 11.6 Å². The molecule has 1 aliphatic heterocycles. The second-order valence-corrected chi connectivity index (χ2v) is 8.49. The van der Waals surface area contributed by atoms with Crippen LogP contribution in [0.1, 0.15) is 0 Å². The monoisotopic (exact) mass is 387 g/mol. The number of hydrogen-bond donors (Lipinski definition) is 0. The molecule has 1 fully saturated rings. The first-order valence-electron chi connectivity index (χ1n) is 8.41. The van der Waals surface area contributed by atoms with Crippen molar-refractivity contribution in [3.63, 3.8) is 0 Å². The molecule has 5 nitrogen and oxygen atoms in total. The molecule has 0 aliphatic carbocycles. The smallest absolute Gasteiger partial charge is 0.244 e. The van der Waals surface area contributed by atoms with Gasteiger partial charge in [-0.05, 0) is 24.3 Å². The van der Waals surface area contributed by atoms with E-state index in [0.29, 0.717) is 26.2 Å². The predicted octanol–water partition coefficient (Wildman–Crippen LogP) is 3.40. The van der Waals surface area contributed by atoms with Gasteiger partial charge in [0.25, 0.3) is 0 Å². The van der Waals surface area contributed by atoms with E-state index in [0.717, 1.165) is 16.6 Å². The van der Waals surface area contributed by atoms with Crippen LogP contribution in [0.25, 0.3) is 10.9 Å². The third-order valence-corrected chi connectivity index (χ3v) is 7.04. The molecule has 2 heterocycles. The summed E-state index contributed by atoms with van der Waals surface area (Å²) in [5.41, 5.74) is 1.98. The Kier molecular flexibility index (Phi) is 4.56. The van der Waals surface area contributed by atoms with Gasteiger partial charge in [-0.3, -0.25) is 4.98 Å². The van der Waals surface area contributed by atoms with Crippen LogP contribution in [-0.4, -0.2) is 43.9 Å². The number of hydrogen-bond acceptors (Lipinski definition) is 4. The van der Waals surface area contributed by atoms with Gasteiger partial charge in [0.05, 0.1) is 16.2 Å². The van der Waals surface area contributed by atoms with Gasteiger partial charge >= 0.3 is 0 Å². The van der Waals surface area contributed by atoms with Crippen molar-refractivity contribution in [2.45, 2.75) is 4.90 Å². The van der Waals surface area contributed by atoms with Crippen molar-refractivity contribution in [2.75, 3.05) is 31.1 Å². The molecule has 1 aliphatic rings. The maximum absolute atomic E-state index is 12.9. The molecular formula is C19H18ClN3O2S. The summed E-state index contributed by atoms with van der Waals surface area (Å²) in [5.74, 6) is 0. The molecule has 4 rings (SSSR count). The lowest BCUT2D eigenvalue weighted by molar-refractivity contribution is 0.385. The molecule has 0 saturated carbocycles. The quantitative estimate of drug-likeness (QED) is 0.691. The fourth-order valence-corrected chi connectivity index (χ4v) is 5.22. The fraction of sp³-hybridized carbons (Fsp3) is 0.211. The summed E-state index contributed by atoms with van der Waals surface area (Å²) in [6.07, 6.45) is 1.78. The van der Waals surface area contributed by atoms with E-state index in [9.17, 15) is 8.42 Å². The molecule has 0 radical (unpaired) electrons. The molecule has 2 aromatic carbocycles. The number of aromatic nitrogens is 1. The van der Waals surface area contributed by atoms with Crippen molar-refractivity contribution in [2.24, 2.45) is 0 Å². The number of sulfonamides is 1. The van der Waals surface area contributed by atoms with E-state index in [4.69, 9.17) is 11.6 Å². The van der Waals surface area contributed by atoms with E-state index in [1.807, 2.05) is 30.3 Å². The molecule has 1 aromatic heterocycles. The Hall–Kier alpha value is -2.15. The van der Waals surface area contributed by atoms with E-state index in [1.165, 1.54) is 4.31 Å². The summed E-state index contributed by atoms with van der Waals surface area (Å²) in [7, 11) is -3.58. The number of benzene rings is 2. The topological polar surface area (TPSA) is 53.5 Å². The van der Waals surface area contributed by atoms with Crippen LogP contribution < -0.4 is 4.90 Å². The number of rotatable bonds is 3. The zero-order valence-electron chi connectivity index (χ0n) is 14.0. The van der Waals surface area contributed by atoms with Gasteiger partial charge in [0.15, 0.2) is 0 Å². The maximum atomic E-state index is 12.9.